The van der Waals surface area contributed by atoms with Crippen LogP contribution in [0.4, 0.5) is 11.4 Å². The fourth-order valence-electron chi connectivity index (χ4n) is 3.21. The van der Waals surface area contributed by atoms with Crippen LogP contribution in [0.2, 0.25) is 0 Å². The highest BCUT2D eigenvalue weighted by atomic mass is 16.1. The number of nitrogens with one attached hydrogen (secondary N) is 3. The molecule has 4 nitrogen and oxygen atoms in total. The Kier molecular flexibility index (Phi) is 5.49. The van der Waals surface area contributed by atoms with Gasteiger partial charge in [0, 0.05) is 30.9 Å². The zero-order valence-corrected chi connectivity index (χ0v) is 14.1. The Hall–Kier alpha value is -2.33. The molecular formula is C20H25N3O. The Morgan fingerprint density at radius 1 is 1.17 bits per heavy atom. The first kappa shape index (κ1) is 16.5. The van der Waals surface area contributed by atoms with E-state index in [9.17, 15) is 4.79 Å². The Bertz CT molecular complexity index is 682. The molecule has 1 amide bonds. The second-order valence-corrected chi connectivity index (χ2v) is 6.29. The molecule has 0 radical (unpaired) electrons. The molecule has 0 fully saturated rings. The van der Waals surface area contributed by atoms with Gasteiger partial charge in [-0.1, -0.05) is 30.3 Å². The van der Waals surface area contributed by atoms with E-state index >= 15 is 0 Å². The fraction of sp³-hybridized carbons (Fsp3) is 0.350. The molecule has 3 rings (SSSR count). The fourth-order valence-corrected chi connectivity index (χ4v) is 3.21. The van der Waals surface area contributed by atoms with Crippen LogP contribution in [0.25, 0.3) is 0 Å². The highest BCUT2D eigenvalue weighted by Gasteiger charge is 2.17. The number of para-hydroxylation sites is 1. The maximum Gasteiger partial charge on any atom is 0.221 e. The summed E-state index contributed by atoms with van der Waals surface area (Å²) in [7, 11) is 0. The van der Waals surface area contributed by atoms with E-state index in [4.69, 9.17) is 0 Å². The summed E-state index contributed by atoms with van der Waals surface area (Å²) in [6, 6.07) is 17.1. The number of rotatable bonds is 5. The van der Waals surface area contributed by atoms with E-state index in [1.54, 1.807) is 0 Å². The first-order chi connectivity index (χ1) is 11.7. The Morgan fingerprint density at radius 3 is 2.75 bits per heavy atom. The first-order valence-corrected chi connectivity index (χ1v) is 8.65. The number of hydrogen-bond donors (Lipinski definition) is 3. The molecule has 1 unspecified atom stereocenters. The number of anilines is 2. The maximum absolute atomic E-state index is 11.0. The molecule has 2 aromatic rings. The molecule has 0 saturated carbocycles. The second-order valence-electron chi connectivity index (χ2n) is 6.29. The molecule has 0 aliphatic carbocycles. The summed E-state index contributed by atoms with van der Waals surface area (Å²) in [6.45, 7) is 3.51. The van der Waals surface area contributed by atoms with E-state index < -0.39 is 0 Å². The van der Waals surface area contributed by atoms with Crippen molar-refractivity contribution < 1.29 is 4.79 Å². The molecule has 1 atom stereocenters. The monoisotopic (exact) mass is 323 g/mol. The standard InChI is InChI=1S/C20H25N3O/c1-15(24)23-17-10-8-16(9-11-17)12-14-22-20-7-4-13-21-19-6-3-2-5-18(19)20/h2-3,5-6,8-11,20-22H,4,7,12-14H2,1H3,(H,23,24). The summed E-state index contributed by atoms with van der Waals surface area (Å²) in [5.41, 5.74) is 4.75. The van der Waals surface area contributed by atoms with Gasteiger partial charge in [0.05, 0.1) is 0 Å². The van der Waals surface area contributed by atoms with Crippen LogP contribution in [0, 0.1) is 0 Å². The predicted molar refractivity (Wildman–Crippen MR) is 99.4 cm³/mol. The van der Waals surface area contributed by atoms with Gasteiger partial charge in [-0.15, -0.1) is 0 Å². The van der Waals surface area contributed by atoms with Crippen LogP contribution in [0.15, 0.2) is 48.5 Å². The Balaban J connectivity index is 1.55. The maximum atomic E-state index is 11.0. The minimum atomic E-state index is -0.0370. The van der Waals surface area contributed by atoms with Crippen LogP contribution in [-0.2, 0) is 11.2 Å². The van der Waals surface area contributed by atoms with E-state index in [2.05, 4.69) is 52.3 Å². The third-order valence-electron chi connectivity index (χ3n) is 4.40. The largest absolute Gasteiger partial charge is 0.385 e. The van der Waals surface area contributed by atoms with Crippen LogP contribution in [-0.4, -0.2) is 19.0 Å². The highest BCUT2D eigenvalue weighted by Crippen LogP contribution is 2.29. The van der Waals surface area contributed by atoms with Crippen molar-refractivity contribution in [1.29, 1.82) is 0 Å². The predicted octanol–water partition coefficient (Wildman–Crippen LogP) is 3.72. The summed E-state index contributed by atoms with van der Waals surface area (Å²) < 4.78 is 0. The first-order valence-electron chi connectivity index (χ1n) is 8.65. The Morgan fingerprint density at radius 2 is 1.96 bits per heavy atom. The minimum Gasteiger partial charge on any atom is -0.385 e. The van der Waals surface area contributed by atoms with E-state index in [-0.39, 0.29) is 5.91 Å². The molecule has 1 aliphatic heterocycles. The molecule has 0 saturated heterocycles. The van der Waals surface area contributed by atoms with Gasteiger partial charge in [-0.3, -0.25) is 4.79 Å². The van der Waals surface area contributed by atoms with E-state index in [1.807, 2.05) is 12.1 Å². The number of carbonyl (C=O) groups is 1. The zero-order valence-electron chi connectivity index (χ0n) is 14.1. The molecular weight excluding hydrogens is 298 g/mol. The highest BCUT2D eigenvalue weighted by molar-refractivity contribution is 5.88. The SMILES string of the molecule is CC(=O)Nc1ccc(CCNC2CCCNc3ccccc32)cc1. The van der Waals surface area contributed by atoms with E-state index in [0.717, 1.165) is 31.6 Å². The third-order valence-corrected chi connectivity index (χ3v) is 4.40. The van der Waals surface area contributed by atoms with Gasteiger partial charge >= 0.3 is 0 Å². The molecule has 0 spiro atoms. The average molecular weight is 323 g/mol. The quantitative estimate of drug-likeness (QED) is 0.786. The van der Waals surface area contributed by atoms with Gasteiger partial charge in [-0.05, 0) is 55.1 Å². The zero-order chi connectivity index (χ0) is 16.8. The van der Waals surface area contributed by atoms with E-state index in [1.165, 1.54) is 30.2 Å². The number of fused-ring (bicyclic) bond motifs is 1. The number of amides is 1. The van der Waals surface area contributed by atoms with Gasteiger partial charge in [0.25, 0.3) is 0 Å². The van der Waals surface area contributed by atoms with E-state index in [0.29, 0.717) is 6.04 Å². The van der Waals surface area contributed by atoms with Crippen molar-refractivity contribution in [3.05, 3.63) is 59.7 Å². The van der Waals surface area contributed by atoms with Crippen molar-refractivity contribution in [3.8, 4) is 0 Å². The molecule has 24 heavy (non-hydrogen) atoms. The molecule has 0 bridgehead atoms. The number of hydrogen-bond acceptors (Lipinski definition) is 3. The number of carbonyl (C=O) groups excluding carboxylic acids is 1. The van der Waals surface area contributed by atoms with Crippen LogP contribution in [0.3, 0.4) is 0 Å². The van der Waals surface area contributed by atoms with Crippen LogP contribution >= 0.6 is 0 Å². The molecule has 1 heterocycles. The molecule has 0 aromatic heterocycles. The molecule has 3 N–H and O–H groups in total. The lowest BCUT2D eigenvalue weighted by atomic mass is 10.0. The number of benzene rings is 2. The summed E-state index contributed by atoms with van der Waals surface area (Å²) in [5, 5.41) is 10.0. The third kappa shape index (κ3) is 4.36. The normalized spacial score (nSPS) is 16.6. The van der Waals surface area contributed by atoms with Gasteiger partial charge in [0.15, 0.2) is 0 Å². The topological polar surface area (TPSA) is 53.2 Å². The van der Waals surface area contributed by atoms with Crippen LogP contribution in [0.1, 0.15) is 36.9 Å². The van der Waals surface area contributed by atoms with Gasteiger partial charge in [0.2, 0.25) is 5.91 Å². The summed E-state index contributed by atoms with van der Waals surface area (Å²) in [4.78, 5) is 11.0. The van der Waals surface area contributed by atoms with Crippen LogP contribution < -0.4 is 16.0 Å². The summed E-state index contributed by atoms with van der Waals surface area (Å²) in [6.07, 6.45) is 3.32. The Labute approximate surface area is 143 Å². The van der Waals surface area contributed by atoms with Gasteiger partial charge < -0.3 is 16.0 Å². The van der Waals surface area contributed by atoms with Crippen molar-refractivity contribution in [2.75, 3.05) is 23.7 Å². The molecule has 4 heteroatoms. The van der Waals surface area contributed by atoms with Crippen molar-refractivity contribution in [1.82, 2.24) is 5.32 Å². The minimum absolute atomic E-state index is 0.0370. The van der Waals surface area contributed by atoms with Crippen molar-refractivity contribution >= 4 is 17.3 Å². The van der Waals surface area contributed by atoms with Crippen molar-refractivity contribution in [3.63, 3.8) is 0 Å². The van der Waals surface area contributed by atoms with Gasteiger partial charge in [0.1, 0.15) is 0 Å². The average Bonchev–Trinajstić information content (AvgIpc) is 2.79. The second kappa shape index (κ2) is 7.97. The van der Waals surface area contributed by atoms with Crippen molar-refractivity contribution in [2.24, 2.45) is 0 Å². The molecule has 1 aliphatic rings. The summed E-state index contributed by atoms with van der Waals surface area (Å²) in [5.74, 6) is -0.0370. The van der Waals surface area contributed by atoms with Gasteiger partial charge in [-0.2, -0.15) is 0 Å². The summed E-state index contributed by atoms with van der Waals surface area (Å²) >= 11 is 0. The lowest BCUT2D eigenvalue weighted by Crippen LogP contribution is -2.23. The van der Waals surface area contributed by atoms with Crippen molar-refractivity contribution in [2.45, 2.75) is 32.2 Å². The smallest absolute Gasteiger partial charge is 0.221 e. The molecule has 2 aromatic carbocycles. The lowest BCUT2D eigenvalue weighted by molar-refractivity contribution is -0.114. The van der Waals surface area contributed by atoms with Crippen LogP contribution in [0.5, 0.6) is 0 Å². The van der Waals surface area contributed by atoms with Gasteiger partial charge in [-0.25, -0.2) is 0 Å². The molecule has 126 valence electrons. The lowest BCUT2D eigenvalue weighted by Gasteiger charge is -2.19.